The third-order valence-electron chi connectivity index (χ3n) is 8.65. The molecule has 0 saturated heterocycles. The number of rotatable bonds is 8. The van der Waals surface area contributed by atoms with E-state index < -0.39 is 32.2 Å². The van der Waals surface area contributed by atoms with Gasteiger partial charge in [-0.15, -0.1) is 0 Å². The van der Waals surface area contributed by atoms with E-state index in [1.807, 2.05) is 0 Å². The molecule has 4 radical (unpaired) electrons. The molecule has 0 heterocycles. The quantitative estimate of drug-likeness (QED) is 0.166. The van der Waals surface area contributed by atoms with Crippen molar-refractivity contribution in [2.24, 2.45) is 0 Å². The van der Waals surface area contributed by atoms with E-state index in [0.717, 1.165) is 23.0 Å². The Morgan fingerprint density at radius 3 is 0.660 bits per heavy atom. The van der Waals surface area contributed by atoms with Crippen LogP contribution in [0.2, 0.25) is 0 Å². The van der Waals surface area contributed by atoms with Crippen molar-refractivity contribution in [1.29, 1.82) is 0 Å². The van der Waals surface area contributed by atoms with Crippen LogP contribution in [0.15, 0.2) is 72.8 Å². The van der Waals surface area contributed by atoms with Crippen LogP contribution >= 0.6 is 0 Å². The summed E-state index contributed by atoms with van der Waals surface area (Å²) in [6, 6.07) is 25.4. The maximum atomic E-state index is 6.22. The molecule has 0 aliphatic heterocycles. The molecule has 6 heteroatoms. The van der Waals surface area contributed by atoms with Crippen LogP contribution in [0.3, 0.4) is 0 Å². The van der Waals surface area contributed by atoms with Crippen molar-refractivity contribution in [1.82, 2.24) is 0 Å². The van der Waals surface area contributed by atoms with Gasteiger partial charge in [-0.05, 0) is 0 Å². The Balaban J connectivity index is 0.000000270. The van der Waals surface area contributed by atoms with Crippen molar-refractivity contribution in [3.05, 3.63) is 117 Å². The monoisotopic (exact) mass is 800 g/mol. The summed E-state index contributed by atoms with van der Waals surface area (Å²) in [6.45, 7) is 35.0. The van der Waals surface area contributed by atoms with Gasteiger partial charge in [0.25, 0.3) is 0 Å². The van der Waals surface area contributed by atoms with Crippen LogP contribution < -0.4 is 15.1 Å². The second-order valence-corrected chi connectivity index (χ2v) is 19.8. The van der Waals surface area contributed by atoms with Gasteiger partial charge in [-0.25, -0.2) is 0 Å². The van der Waals surface area contributed by atoms with Crippen LogP contribution in [-0.4, -0.2) is 32.2 Å². The summed E-state index contributed by atoms with van der Waals surface area (Å²) in [7, 11) is 0. The normalized spacial score (nSPS) is 12.2. The molecule has 0 bridgehead atoms. The zero-order valence-corrected chi connectivity index (χ0v) is 37.8. The Morgan fingerprint density at radius 2 is 0.500 bits per heavy atom. The van der Waals surface area contributed by atoms with E-state index in [2.05, 4.69) is 184 Å². The topological polar surface area (TPSA) is 36.9 Å². The van der Waals surface area contributed by atoms with Gasteiger partial charge in [0.05, 0.1) is 0 Å². The Bertz CT molecular complexity index is 1480. The van der Waals surface area contributed by atoms with Crippen LogP contribution in [-0.2, 0) is 21.7 Å². The second-order valence-electron chi connectivity index (χ2n) is 17.4. The summed E-state index contributed by atoms with van der Waals surface area (Å²) in [5.74, 6) is 3.95. The van der Waals surface area contributed by atoms with Crippen molar-refractivity contribution in [2.75, 3.05) is 0 Å². The summed E-state index contributed by atoms with van der Waals surface area (Å²) in [6.07, 6.45) is 0. The van der Waals surface area contributed by atoms with Gasteiger partial charge in [-0.2, -0.15) is 0 Å². The molecule has 0 atom stereocenters. The third kappa shape index (κ3) is 11.1. The molecule has 4 aromatic carbocycles. The fraction of sp³-hybridized carbons (Fsp3) is 0.455. The Hall–Kier alpha value is -2.83. The van der Waals surface area contributed by atoms with E-state index in [0.29, 0.717) is 0 Å². The van der Waals surface area contributed by atoms with E-state index >= 15 is 0 Å². The molecule has 0 aliphatic rings. The van der Waals surface area contributed by atoms with E-state index in [1.165, 1.54) is 44.5 Å². The Kier molecular flexibility index (Phi) is 13.9. The number of hydrogen-bond acceptors (Lipinski definition) is 4. The van der Waals surface area contributed by atoms with Gasteiger partial charge in [0.15, 0.2) is 0 Å². The minimum atomic E-state index is -1.05. The van der Waals surface area contributed by atoms with Crippen molar-refractivity contribution in [3.8, 4) is 23.0 Å². The first-order chi connectivity index (χ1) is 23.0. The number of para-hydroxylation sites is 4. The first-order valence-corrected chi connectivity index (χ1v) is 21.0. The summed E-state index contributed by atoms with van der Waals surface area (Å²) in [5, 5.41) is 0. The van der Waals surface area contributed by atoms with E-state index in [-0.39, 0.29) is 21.7 Å². The summed E-state index contributed by atoms with van der Waals surface area (Å²) < 4.78 is 24.9. The predicted molar refractivity (Wildman–Crippen MR) is 214 cm³/mol. The van der Waals surface area contributed by atoms with E-state index in [4.69, 9.17) is 15.1 Å². The van der Waals surface area contributed by atoms with Crippen molar-refractivity contribution < 1.29 is 15.1 Å². The first kappa shape index (κ1) is 41.6. The summed E-state index contributed by atoms with van der Waals surface area (Å²) in [5.41, 5.74) is 9.81. The van der Waals surface area contributed by atoms with Gasteiger partial charge < -0.3 is 0 Å². The summed E-state index contributed by atoms with van der Waals surface area (Å²) >= 11 is -2.09. The molecule has 0 fully saturated rings. The molecule has 0 unspecified atom stereocenters. The van der Waals surface area contributed by atoms with Crippen LogP contribution in [0.25, 0.3) is 0 Å². The minimum absolute atomic E-state index is 0.0484. The number of hydrogen-bond donors (Lipinski definition) is 0. The molecule has 0 saturated carbocycles. The zero-order valence-electron chi connectivity index (χ0n) is 33.6. The number of benzene rings is 4. The Morgan fingerprint density at radius 1 is 0.320 bits per heavy atom. The molecular formula is C44H60Ge2O4. The molecule has 4 rings (SSSR count). The standard InChI is InChI=1S/2C22H30GeO2/c2*1-15-11-9-13-17(21(3,4)5)19(15)24-23-25-20-16(2)12-10-14-18(20)22(6,7)8/h2*9-14H,1-8H3. The molecule has 4 aromatic rings. The molecule has 268 valence electrons. The fourth-order valence-electron chi connectivity index (χ4n) is 5.72. The predicted octanol–water partition coefficient (Wildman–Crippen LogP) is 11.8. The molecule has 0 amide bonds. The molecule has 50 heavy (non-hydrogen) atoms. The zero-order chi connectivity index (χ0) is 37.7. The van der Waals surface area contributed by atoms with Crippen molar-refractivity contribution in [2.45, 2.75) is 132 Å². The molecule has 0 spiro atoms. The second kappa shape index (κ2) is 16.7. The van der Waals surface area contributed by atoms with Crippen molar-refractivity contribution in [3.63, 3.8) is 0 Å². The van der Waals surface area contributed by atoms with Gasteiger partial charge >= 0.3 is 320 Å². The van der Waals surface area contributed by atoms with E-state index in [1.54, 1.807) is 0 Å². The number of aryl methyl sites for hydroxylation is 4. The Labute approximate surface area is 318 Å². The average molecular weight is 798 g/mol. The maximum absolute atomic E-state index is 6.22. The molecule has 0 aliphatic carbocycles. The first-order valence-electron chi connectivity index (χ1n) is 17.6. The molecule has 4 nitrogen and oxygen atoms in total. The SMILES string of the molecule is Cc1cccc(C(C)(C)C)c1[O][Ge][O]c1c(C)cccc1C(C)(C)C.Cc1cccc(C(C)(C)C)c1[O][Ge][O]c1c(C)cccc1C(C)(C)C. The average Bonchev–Trinajstić information content (AvgIpc) is 2.98. The van der Waals surface area contributed by atoms with E-state index in [9.17, 15) is 0 Å². The van der Waals surface area contributed by atoms with Gasteiger partial charge in [0, 0.05) is 0 Å². The van der Waals surface area contributed by atoms with Gasteiger partial charge in [0.2, 0.25) is 0 Å². The van der Waals surface area contributed by atoms with Crippen molar-refractivity contribution >= 4 is 32.2 Å². The van der Waals surface area contributed by atoms with Crippen LogP contribution in [0.5, 0.6) is 23.0 Å². The van der Waals surface area contributed by atoms with Gasteiger partial charge in [-0.1, -0.05) is 0 Å². The molecular weight excluding hydrogens is 738 g/mol. The van der Waals surface area contributed by atoms with Gasteiger partial charge in [0.1, 0.15) is 0 Å². The third-order valence-corrected chi connectivity index (χ3v) is 11.1. The summed E-state index contributed by atoms with van der Waals surface area (Å²) in [4.78, 5) is 0. The van der Waals surface area contributed by atoms with Gasteiger partial charge in [-0.3, -0.25) is 0 Å². The van der Waals surface area contributed by atoms with Crippen LogP contribution in [0.1, 0.15) is 128 Å². The van der Waals surface area contributed by atoms with Crippen LogP contribution in [0, 0.1) is 27.7 Å². The van der Waals surface area contributed by atoms with Crippen LogP contribution in [0.4, 0.5) is 0 Å². The molecule has 0 aromatic heterocycles. The fourth-order valence-corrected chi connectivity index (χ4v) is 8.87. The molecule has 0 N–H and O–H groups in total.